The topological polar surface area (TPSA) is 54.4 Å². The van der Waals surface area contributed by atoms with Gasteiger partial charge in [-0.25, -0.2) is 0 Å². The lowest BCUT2D eigenvalue weighted by Crippen LogP contribution is -2.71. The molecule has 0 aliphatic heterocycles. The molecule has 20 heavy (non-hydrogen) atoms. The number of Topliss-reactive ketones (excluding diaryl/α,β-unsaturated/α-hetero) is 2. The van der Waals surface area contributed by atoms with Gasteiger partial charge < -0.3 is 5.11 Å². The van der Waals surface area contributed by atoms with E-state index in [2.05, 4.69) is 0 Å². The lowest BCUT2D eigenvalue weighted by molar-refractivity contribution is -0.189. The third-order valence-electron chi connectivity index (χ3n) is 6.07. The van der Waals surface area contributed by atoms with Crippen molar-refractivity contribution < 1.29 is 14.7 Å². The number of carbonyl (C=O) groups is 2. The zero-order valence-corrected chi connectivity index (χ0v) is 11.5. The van der Waals surface area contributed by atoms with Crippen LogP contribution in [0, 0.1) is 17.8 Å². The molecule has 104 valence electrons. The summed E-state index contributed by atoms with van der Waals surface area (Å²) in [6, 6.07) is 9.93. The number of hydrogen-bond acceptors (Lipinski definition) is 3. The molecule has 0 heterocycles. The SMILES string of the molecule is C[C@@]1(O)[C@@H]2C[C@@H]3C[C@@]1(c1ccccc1)C[C@@H](C3=O)C2=O. The van der Waals surface area contributed by atoms with E-state index < -0.39 is 16.9 Å². The molecule has 3 nitrogen and oxygen atoms in total. The first-order valence-electron chi connectivity index (χ1n) is 7.33. The van der Waals surface area contributed by atoms with Crippen LogP contribution in [0.3, 0.4) is 0 Å². The van der Waals surface area contributed by atoms with Crippen LogP contribution >= 0.6 is 0 Å². The summed E-state index contributed by atoms with van der Waals surface area (Å²) in [4.78, 5) is 24.7. The van der Waals surface area contributed by atoms with Crippen molar-refractivity contribution >= 4 is 11.6 Å². The van der Waals surface area contributed by atoms with Crippen LogP contribution in [0.25, 0.3) is 0 Å². The summed E-state index contributed by atoms with van der Waals surface area (Å²) in [5.74, 6) is -0.807. The minimum Gasteiger partial charge on any atom is -0.388 e. The van der Waals surface area contributed by atoms with Crippen LogP contribution in [0.15, 0.2) is 30.3 Å². The number of aliphatic hydroxyl groups is 1. The molecule has 4 bridgehead atoms. The normalized spacial score (nSPS) is 46.0. The van der Waals surface area contributed by atoms with E-state index in [1.54, 1.807) is 6.92 Å². The Labute approximate surface area is 118 Å². The number of hydrogen-bond donors (Lipinski definition) is 1. The highest BCUT2D eigenvalue weighted by Crippen LogP contribution is 2.62. The molecule has 1 N–H and O–H groups in total. The maximum absolute atomic E-state index is 12.4. The molecule has 4 saturated carbocycles. The predicted molar refractivity (Wildman–Crippen MR) is 73.1 cm³/mol. The fourth-order valence-corrected chi connectivity index (χ4v) is 4.96. The Hall–Kier alpha value is -1.48. The van der Waals surface area contributed by atoms with Crippen molar-refractivity contribution in [2.24, 2.45) is 17.8 Å². The number of carbonyl (C=O) groups excluding carboxylic acids is 2. The molecule has 5 rings (SSSR count). The second-order valence-electron chi connectivity index (χ2n) is 6.85. The van der Waals surface area contributed by atoms with Gasteiger partial charge in [0.05, 0.1) is 11.5 Å². The monoisotopic (exact) mass is 270 g/mol. The lowest BCUT2D eigenvalue weighted by Gasteiger charge is -2.62. The molecular weight excluding hydrogens is 252 g/mol. The molecule has 0 radical (unpaired) electrons. The minimum atomic E-state index is -1.04. The van der Waals surface area contributed by atoms with Gasteiger partial charge in [0.15, 0.2) is 0 Å². The van der Waals surface area contributed by atoms with Crippen LogP contribution in [0.2, 0.25) is 0 Å². The Morgan fingerprint density at radius 3 is 2.50 bits per heavy atom. The molecule has 0 amide bonds. The van der Waals surface area contributed by atoms with Crippen LogP contribution in [-0.4, -0.2) is 22.3 Å². The van der Waals surface area contributed by atoms with Crippen molar-refractivity contribution in [3.63, 3.8) is 0 Å². The lowest BCUT2D eigenvalue weighted by atomic mass is 9.41. The van der Waals surface area contributed by atoms with E-state index in [1.165, 1.54) is 0 Å². The molecule has 0 aromatic heterocycles. The summed E-state index contributed by atoms with van der Waals surface area (Å²) < 4.78 is 0. The third-order valence-corrected chi connectivity index (χ3v) is 6.07. The van der Waals surface area contributed by atoms with Gasteiger partial charge >= 0.3 is 0 Å². The quantitative estimate of drug-likeness (QED) is 0.793. The summed E-state index contributed by atoms with van der Waals surface area (Å²) in [6.45, 7) is 1.80. The van der Waals surface area contributed by atoms with Crippen LogP contribution in [0.5, 0.6) is 0 Å². The van der Waals surface area contributed by atoms with E-state index in [0.29, 0.717) is 19.3 Å². The Balaban J connectivity index is 1.92. The molecule has 4 aliphatic rings. The fourth-order valence-electron chi connectivity index (χ4n) is 4.96. The van der Waals surface area contributed by atoms with E-state index in [1.807, 2.05) is 30.3 Å². The average Bonchev–Trinajstić information content (AvgIpc) is 2.43. The number of ketones is 2. The van der Waals surface area contributed by atoms with Crippen LogP contribution in [0.4, 0.5) is 0 Å². The molecule has 0 saturated heterocycles. The van der Waals surface area contributed by atoms with Crippen molar-refractivity contribution in [2.45, 2.75) is 37.2 Å². The Bertz CT molecular complexity index is 604. The van der Waals surface area contributed by atoms with Gasteiger partial charge in [0, 0.05) is 17.3 Å². The number of rotatable bonds is 1. The van der Waals surface area contributed by atoms with E-state index in [0.717, 1.165) is 5.56 Å². The van der Waals surface area contributed by atoms with Crippen LogP contribution in [-0.2, 0) is 15.0 Å². The molecule has 5 atom stereocenters. The molecular formula is C17H18O3. The predicted octanol–water partition coefficient (Wildman–Crippen LogP) is 1.87. The first-order valence-corrected chi connectivity index (χ1v) is 7.33. The smallest absolute Gasteiger partial charge is 0.149 e. The maximum atomic E-state index is 12.4. The average molecular weight is 270 g/mol. The van der Waals surface area contributed by atoms with Crippen molar-refractivity contribution in [1.82, 2.24) is 0 Å². The molecule has 4 fully saturated rings. The molecule has 1 aromatic rings. The van der Waals surface area contributed by atoms with Crippen LogP contribution < -0.4 is 0 Å². The summed E-state index contributed by atoms with van der Waals surface area (Å²) in [5, 5.41) is 11.1. The van der Waals surface area contributed by atoms with E-state index in [4.69, 9.17) is 0 Å². The summed E-state index contributed by atoms with van der Waals surface area (Å²) in [7, 11) is 0. The van der Waals surface area contributed by atoms with Gasteiger partial charge in [-0.3, -0.25) is 9.59 Å². The standard InChI is InChI=1S/C17H18O3/c1-16(20)13-7-10-8-17(16,11-5-3-2-4-6-11)9-12(14(10)18)15(13)19/h2-6,10,12-13,20H,7-9H2,1H3/t10-,12+,13-,16-,17+/m1/s1. The van der Waals surface area contributed by atoms with Gasteiger partial charge in [-0.05, 0) is 31.7 Å². The van der Waals surface area contributed by atoms with Crippen molar-refractivity contribution in [3.05, 3.63) is 35.9 Å². The fraction of sp³-hybridized carbons (Fsp3) is 0.529. The molecule has 3 heteroatoms. The largest absolute Gasteiger partial charge is 0.388 e. The van der Waals surface area contributed by atoms with Gasteiger partial charge in [0.1, 0.15) is 11.6 Å². The Morgan fingerprint density at radius 2 is 1.80 bits per heavy atom. The van der Waals surface area contributed by atoms with Gasteiger partial charge in [0.2, 0.25) is 0 Å². The zero-order valence-electron chi connectivity index (χ0n) is 11.5. The van der Waals surface area contributed by atoms with Gasteiger partial charge in [0.25, 0.3) is 0 Å². The first-order chi connectivity index (χ1) is 9.47. The Morgan fingerprint density at radius 1 is 1.10 bits per heavy atom. The van der Waals surface area contributed by atoms with Crippen molar-refractivity contribution in [1.29, 1.82) is 0 Å². The van der Waals surface area contributed by atoms with Crippen LogP contribution in [0.1, 0.15) is 31.7 Å². The van der Waals surface area contributed by atoms with Gasteiger partial charge in [-0.15, -0.1) is 0 Å². The molecule has 4 aliphatic carbocycles. The summed E-state index contributed by atoms with van der Waals surface area (Å²) in [5.41, 5.74) is -0.405. The molecule has 0 spiro atoms. The molecule has 0 unspecified atom stereocenters. The van der Waals surface area contributed by atoms with Gasteiger partial charge in [-0.1, -0.05) is 30.3 Å². The van der Waals surface area contributed by atoms with E-state index in [-0.39, 0.29) is 23.4 Å². The summed E-state index contributed by atoms with van der Waals surface area (Å²) >= 11 is 0. The second-order valence-corrected chi connectivity index (χ2v) is 6.85. The minimum absolute atomic E-state index is 0.0255. The number of benzene rings is 1. The maximum Gasteiger partial charge on any atom is 0.149 e. The highest BCUT2D eigenvalue weighted by molar-refractivity contribution is 6.09. The summed E-state index contributed by atoms with van der Waals surface area (Å²) in [6.07, 6.45) is 1.70. The highest BCUT2D eigenvalue weighted by atomic mass is 16.3. The third kappa shape index (κ3) is 1.20. The van der Waals surface area contributed by atoms with Crippen molar-refractivity contribution in [3.8, 4) is 0 Å². The zero-order chi connectivity index (χ0) is 14.1. The molecule has 1 aromatic carbocycles. The first kappa shape index (κ1) is 12.3. The van der Waals surface area contributed by atoms with Gasteiger partial charge in [-0.2, -0.15) is 0 Å². The second kappa shape index (κ2) is 3.59. The van der Waals surface area contributed by atoms with E-state index >= 15 is 0 Å². The highest BCUT2D eigenvalue weighted by Gasteiger charge is 2.69. The van der Waals surface area contributed by atoms with Crippen molar-refractivity contribution in [2.75, 3.05) is 0 Å². The Kier molecular flexibility index (Phi) is 2.20. The van der Waals surface area contributed by atoms with E-state index in [9.17, 15) is 14.7 Å².